The highest BCUT2D eigenvalue weighted by atomic mass is 32.3. The highest BCUT2D eigenvalue weighted by molar-refractivity contribution is 8.10. The van der Waals surface area contributed by atoms with Crippen LogP contribution in [0, 0.1) is 11.3 Å². The van der Waals surface area contributed by atoms with E-state index in [1.54, 1.807) is 12.1 Å². The van der Waals surface area contributed by atoms with Crippen molar-refractivity contribution < 1.29 is 16.8 Å². The summed E-state index contributed by atoms with van der Waals surface area (Å²) in [7, 11) is -8.83. The molecule has 27 heavy (non-hydrogen) atoms. The zero-order chi connectivity index (χ0) is 19.5. The molecule has 0 saturated carbocycles. The molecule has 0 fully saturated rings. The van der Waals surface area contributed by atoms with Crippen LogP contribution < -0.4 is 3.71 Å². The van der Waals surface area contributed by atoms with Crippen LogP contribution in [0.1, 0.15) is 5.56 Å². The maximum absolute atomic E-state index is 13.2. The molecule has 8 heteroatoms. The first-order valence-electron chi connectivity index (χ1n) is 7.78. The number of sulfonamides is 2. The van der Waals surface area contributed by atoms with Crippen molar-refractivity contribution in [2.75, 3.05) is 3.71 Å². The third-order valence-electron chi connectivity index (χ3n) is 3.73. The summed E-state index contributed by atoms with van der Waals surface area (Å²) in [5, 5.41) is 8.94. The third-order valence-corrected chi connectivity index (χ3v) is 7.93. The summed E-state index contributed by atoms with van der Waals surface area (Å²) in [6.45, 7) is 0. The van der Waals surface area contributed by atoms with Crippen LogP contribution in [-0.4, -0.2) is 16.8 Å². The van der Waals surface area contributed by atoms with E-state index in [2.05, 4.69) is 0 Å². The van der Waals surface area contributed by atoms with Gasteiger partial charge in [0, 0.05) is 0 Å². The van der Waals surface area contributed by atoms with E-state index in [1.807, 2.05) is 6.07 Å². The fourth-order valence-electron chi connectivity index (χ4n) is 2.44. The van der Waals surface area contributed by atoms with E-state index in [1.165, 1.54) is 72.8 Å². The van der Waals surface area contributed by atoms with Crippen molar-refractivity contribution >= 4 is 25.7 Å². The molecule has 0 bridgehead atoms. The van der Waals surface area contributed by atoms with Gasteiger partial charge in [-0.2, -0.15) is 8.97 Å². The van der Waals surface area contributed by atoms with Crippen LogP contribution in [0.2, 0.25) is 0 Å². The number of hydrogen-bond acceptors (Lipinski definition) is 5. The van der Waals surface area contributed by atoms with Crippen molar-refractivity contribution in [3.05, 3.63) is 90.5 Å². The molecule has 0 radical (unpaired) electrons. The topological polar surface area (TPSA) is 95.3 Å². The van der Waals surface area contributed by atoms with E-state index in [4.69, 9.17) is 5.26 Å². The van der Waals surface area contributed by atoms with Crippen LogP contribution >= 0.6 is 0 Å². The SMILES string of the molecule is N#Cc1ccc(N(S(=O)(=O)c2ccccc2)S(=O)(=O)c2ccccc2)cc1. The summed E-state index contributed by atoms with van der Waals surface area (Å²) in [5.41, 5.74) is 0.203. The highest BCUT2D eigenvalue weighted by Gasteiger charge is 2.36. The monoisotopic (exact) mass is 398 g/mol. The molecule has 0 N–H and O–H groups in total. The Hall–Kier alpha value is -3.15. The summed E-state index contributed by atoms with van der Waals surface area (Å²) in [4.78, 5) is -0.317. The average molecular weight is 398 g/mol. The molecule has 136 valence electrons. The lowest BCUT2D eigenvalue weighted by Crippen LogP contribution is -2.37. The van der Waals surface area contributed by atoms with Gasteiger partial charge in [0.2, 0.25) is 0 Å². The van der Waals surface area contributed by atoms with Crippen LogP contribution in [0.4, 0.5) is 5.69 Å². The number of benzene rings is 3. The van der Waals surface area contributed by atoms with Gasteiger partial charge in [-0.05, 0) is 48.5 Å². The van der Waals surface area contributed by atoms with E-state index in [9.17, 15) is 16.8 Å². The van der Waals surface area contributed by atoms with E-state index < -0.39 is 20.0 Å². The Bertz CT molecular complexity index is 1110. The van der Waals surface area contributed by atoms with Crippen molar-refractivity contribution in [2.24, 2.45) is 0 Å². The maximum Gasteiger partial charge on any atom is 0.277 e. The minimum absolute atomic E-state index is 0.0818. The highest BCUT2D eigenvalue weighted by Crippen LogP contribution is 2.30. The Morgan fingerprint density at radius 1 is 0.630 bits per heavy atom. The Morgan fingerprint density at radius 2 is 1.04 bits per heavy atom. The summed E-state index contributed by atoms with van der Waals surface area (Å²) in [6.07, 6.45) is 0. The minimum atomic E-state index is -4.42. The molecule has 0 aliphatic heterocycles. The normalized spacial score (nSPS) is 11.5. The summed E-state index contributed by atoms with van der Waals surface area (Å²) < 4.78 is 53.2. The van der Waals surface area contributed by atoms with Crippen LogP contribution in [-0.2, 0) is 20.0 Å². The molecular weight excluding hydrogens is 384 g/mol. The van der Waals surface area contributed by atoms with Crippen LogP contribution in [0.3, 0.4) is 0 Å². The van der Waals surface area contributed by atoms with Gasteiger partial charge < -0.3 is 0 Å². The second kappa shape index (κ2) is 7.23. The zero-order valence-corrected chi connectivity index (χ0v) is 15.6. The predicted molar refractivity (Wildman–Crippen MR) is 101 cm³/mol. The Labute approximate surface area is 158 Å². The number of nitriles is 1. The average Bonchev–Trinajstić information content (AvgIpc) is 2.69. The van der Waals surface area contributed by atoms with E-state index in [0.29, 0.717) is 3.71 Å². The van der Waals surface area contributed by atoms with Gasteiger partial charge in [0.05, 0.1) is 27.1 Å². The minimum Gasteiger partial charge on any atom is -0.200 e. The third kappa shape index (κ3) is 3.56. The molecule has 3 aromatic rings. The summed E-state index contributed by atoms with van der Waals surface area (Å²) in [6, 6.07) is 21.9. The van der Waals surface area contributed by atoms with E-state index >= 15 is 0 Å². The van der Waals surface area contributed by atoms with Crippen molar-refractivity contribution in [1.29, 1.82) is 5.26 Å². The van der Waals surface area contributed by atoms with Crippen LogP contribution in [0.5, 0.6) is 0 Å². The molecule has 0 heterocycles. The summed E-state index contributed by atoms with van der Waals surface area (Å²) in [5.74, 6) is 0. The maximum atomic E-state index is 13.2. The van der Waals surface area contributed by atoms with Crippen molar-refractivity contribution in [3.63, 3.8) is 0 Å². The fraction of sp³-hybridized carbons (Fsp3) is 0. The molecule has 0 atom stereocenters. The second-order valence-corrected chi connectivity index (χ2v) is 9.30. The van der Waals surface area contributed by atoms with Gasteiger partial charge in [0.25, 0.3) is 20.0 Å². The molecular formula is C19H14N2O4S2. The second-order valence-electron chi connectivity index (χ2n) is 5.49. The lowest BCUT2D eigenvalue weighted by atomic mass is 10.2. The van der Waals surface area contributed by atoms with Gasteiger partial charge >= 0.3 is 0 Å². The van der Waals surface area contributed by atoms with Crippen molar-refractivity contribution in [2.45, 2.75) is 9.79 Å². The molecule has 0 aromatic heterocycles. The van der Waals surface area contributed by atoms with Gasteiger partial charge in [-0.1, -0.05) is 36.4 Å². The van der Waals surface area contributed by atoms with Crippen LogP contribution in [0.25, 0.3) is 0 Å². The number of hydrogen-bond donors (Lipinski definition) is 0. The van der Waals surface area contributed by atoms with Crippen molar-refractivity contribution in [3.8, 4) is 6.07 Å². The molecule has 0 saturated heterocycles. The molecule has 0 aliphatic carbocycles. The lowest BCUT2D eigenvalue weighted by molar-refractivity contribution is 0.584. The zero-order valence-electron chi connectivity index (χ0n) is 13.9. The Balaban J connectivity index is 2.26. The first kappa shape index (κ1) is 18.6. The number of anilines is 1. The van der Waals surface area contributed by atoms with Crippen LogP contribution in [0.15, 0.2) is 94.7 Å². The quantitative estimate of drug-likeness (QED) is 0.658. The largest absolute Gasteiger partial charge is 0.277 e. The first-order chi connectivity index (χ1) is 12.9. The molecule has 3 aromatic carbocycles. The Morgan fingerprint density at radius 3 is 1.41 bits per heavy atom. The molecule has 0 amide bonds. The predicted octanol–water partition coefficient (Wildman–Crippen LogP) is 3.14. The fourth-order valence-corrected chi connectivity index (χ4v) is 6.17. The molecule has 0 unspecified atom stereocenters. The van der Waals surface area contributed by atoms with Gasteiger partial charge in [-0.15, -0.1) is 0 Å². The molecule has 0 spiro atoms. The van der Waals surface area contributed by atoms with Gasteiger partial charge in [-0.25, -0.2) is 16.8 Å². The van der Waals surface area contributed by atoms with Gasteiger partial charge in [0.1, 0.15) is 0 Å². The molecule has 0 aliphatic rings. The lowest BCUT2D eigenvalue weighted by Gasteiger charge is -2.24. The molecule has 6 nitrogen and oxygen atoms in total. The van der Waals surface area contributed by atoms with E-state index in [0.717, 1.165) is 0 Å². The van der Waals surface area contributed by atoms with Crippen molar-refractivity contribution in [1.82, 2.24) is 0 Å². The van der Waals surface area contributed by atoms with E-state index in [-0.39, 0.29) is 21.0 Å². The van der Waals surface area contributed by atoms with Gasteiger partial charge in [-0.3, -0.25) is 0 Å². The summed E-state index contributed by atoms with van der Waals surface area (Å²) >= 11 is 0. The molecule has 3 rings (SSSR count). The number of rotatable bonds is 5. The number of nitrogens with zero attached hydrogens (tertiary/aromatic N) is 2. The standard InChI is InChI=1S/C19H14N2O4S2/c20-15-16-11-13-17(14-12-16)21(26(22,23)18-7-3-1-4-8-18)27(24,25)19-9-5-2-6-10-19/h1-14H. The smallest absolute Gasteiger partial charge is 0.200 e. The Kier molecular flexibility index (Phi) is 4.99. The first-order valence-corrected chi connectivity index (χ1v) is 10.7. The van der Waals surface area contributed by atoms with Gasteiger partial charge in [0.15, 0.2) is 0 Å².